The maximum atomic E-state index is 13.1. The molecule has 0 unspecified atom stereocenters. The van der Waals surface area contributed by atoms with Gasteiger partial charge in [-0.1, -0.05) is 18.2 Å². The molecule has 3 rings (SSSR count). The van der Waals surface area contributed by atoms with Gasteiger partial charge in [-0.15, -0.1) is 0 Å². The summed E-state index contributed by atoms with van der Waals surface area (Å²) >= 11 is 0. The zero-order chi connectivity index (χ0) is 22.4. The van der Waals surface area contributed by atoms with E-state index in [4.69, 9.17) is 9.47 Å². The second kappa shape index (κ2) is 10.5. The van der Waals surface area contributed by atoms with E-state index in [2.05, 4.69) is 51.3 Å². The molecule has 1 fully saturated rings. The lowest BCUT2D eigenvalue weighted by Crippen LogP contribution is -2.48. The molecule has 2 aromatic rings. The van der Waals surface area contributed by atoms with Crippen LogP contribution in [0.25, 0.3) is 0 Å². The molecule has 0 saturated carbocycles. The third-order valence-electron chi connectivity index (χ3n) is 5.88. The lowest BCUT2D eigenvalue weighted by Gasteiger charge is -2.38. The van der Waals surface area contributed by atoms with E-state index in [1.54, 1.807) is 26.4 Å². The zero-order valence-corrected chi connectivity index (χ0v) is 19.2. The van der Waals surface area contributed by atoms with Crippen LogP contribution < -0.4 is 19.7 Å². The number of carbonyl (C=O) groups is 1. The molecule has 2 aromatic carbocycles. The van der Waals surface area contributed by atoms with Crippen LogP contribution in [0.1, 0.15) is 22.0 Å². The van der Waals surface area contributed by atoms with Gasteiger partial charge in [-0.05, 0) is 36.9 Å². The molecular weight excluding hydrogens is 392 g/mol. The molecule has 0 radical (unpaired) electrons. The number of amides is 1. The normalized spacial score (nSPS) is 15.9. The summed E-state index contributed by atoms with van der Waals surface area (Å²) in [5.74, 6) is 0.810. The topological polar surface area (TPSA) is 57.3 Å². The largest absolute Gasteiger partial charge is 0.496 e. The monoisotopic (exact) mass is 426 g/mol. The fourth-order valence-electron chi connectivity index (χ4n) is 3.94. The van der Waals surface area contributed by atoms with Gasteiger partial charge in [0, 0.05) is 52.5 Å². The van der Waals surface area contributed by atoms with E-state index in [0.717, 1.165) is 31.9 Å². The number of anilines is 1. The van der Waals surface area contributed by atoms with Crippen LogP contribution in [-0.2, 0) is 0 Å². The smallest absolute Gasteiger partial charge is 0.258 e. The highest BCUT2D eigenvalue weighted by Gasteiger charge is 2.26. The molecule has 0 aliphatic carbocycles. The number of hydrogen-bond acceptors (Lipinski definition) is 6. The maximum Gasteiger partial charge on any atom is 0.258 e. The maximum absolute atomic E-state index is 13.1. The summed E-state index contributed by atoms with van der Waals surface area (Å²) in [6.07, 6.45) is 0. The van der Waals surface area contributed by atoms with Crippen molar-refractivity contribution in [2.24, 2.45) is 0 Å². The molecule has 168 valence electrons. The van der Waals surface area contributed by atoms with Crippen LogP contribution >= 0.6 is 0 Å². The summed E-state index contributed by atoms with van der Waals surface area (Å²) in [7, 11) is 9.34. The second-order valence-corrected chi connectivity index (χ2v) is 8.09. The van der Waals surface area contributed by atoms with Crippen molar-refractivity contribution in [3.05, 3.63) is 53.6 Å². The van der Waals surface area contributed by atoms with Gasteiger partial charge in [0.15, 0.2) is 0 Å². The number of carbonyl (C=O) groups excluding carboxylic acids is 1. The molecule has 1 saturated heterocycles. The molecule has 7 heteroatoms. The van der Waals surface area contributed by atoms with Crippen molar-refractivity contribution in [2.75, 3.05) is 73.0 Å². The number of likely N-dealkylation sites (N-methyl/N-ethyl adjacent to an activating group) is 1. The van der Waals surface area contributed by atoms with Crippen molar-refractivity contribution in [3.63, 3.8) is 0 Å². The molecule has 0 spiro atoms. The molecule has 1 aliphatic rings. The van der Waals surface area contributed by atoms with Crippen LogP contribution in [-0.4, -0.2) is 83.8 Å². The Morgan fingerprint density at radius 1 is 1.00 bits per heavy atom. The van der Waals surface area contributed by atoms with Gasteiger partial charge in [-0.2, -0.15) is 0 Å². The number of methoxy groups -OCH3 is 2. The number of nitrogens with one attached hydrogen (secondary N) is 1. The fourth-order valence-corrected chi connectivity index (χ4v) is 3.94. The Morgan fingerprint density at radius 2 is 1.58 bits per heavy atom. The van der Waals surface area contributed by atoms with Gasteiger partial charge >= 0.3 is 0 Å². The first-order valence-electron chi connectivity index (χ1n) is 10.6. The molecule has 1 amide bonds. The van der Waals surface area contributed by atoms with Crippen LogP contribution in [0, 0.1) is 0 Å². The van der Waals surface area contributed by atoms with E-state index in [9.17, 15) is 4.79 Å². The standard InChI is InChI=1S/C24H34N4O3/c1-26(2)19-11-9-18(10-12-19)20(28-15-13-27(3)14-16-28)17-25-24(29)23-21(30-4)7-6-8-22(23)31-5/h6-12,20H,13-17H2,1-5H3,(H,25,29)/t20-/m1/s1. The predicted molar refractivity (Wildman–Crippen MR) is 124 cm³/mol. The highest BCUT2D eigenvalue weighted by Crippen LogP contribution is 2.29. The van der Waals surface area contributed by atoms with Gasteiger partial charge in [0.25, 0.3) is 5.91 Å². The lowest BCUT2D eigenvalue weighted by molar-refractivity contribution is 0.0881. The van der Waals surface area contributed by atoms with Crippen LogP contribution in [0.4, 0.5) is 5.69 Å². The molecule has 0 bridgehead atoms. The highest BCUT2D eigenvalue weighted by molar-refractivity contribution is 5.99. The summed E-state index contributed by atoms with van der Waals surface area (Å²) < 4.78 is 10.8. The van der Waals surface area contributed by atoms with Gasteiger partial charge in [0.05, 0.1) is 20.3 Å². The number of nitrogens with zero attached hydrogens (tertiary/aromatic N) is 3. The quantitative estimate of drug-likeness (QED) is 0.700. The molecule has 1 aliphatic heterocycles. The Kier molecular flexibility index (Phi) is 7.76. The number of rotatable bonds is 8. The van der Waals surface area contributed by atoms with Crippen molar-refractivity contribution in [1.82, 2.24) is 15.1 Å². The fraction of sp³-hybridized carbons (Fsp3) is 0.458. The summed E-state index contributed by atoms with van der Waals surface area (Å²) in [4.78, 5) is 20.0. The minimum atomic E-state index is -0.196. The van der Waals surface area contributed by atoms with Crippen molar-refractivity contribution in [3.8, 4) is 11.5 Å². The number of piperazine rings is 1. The van der Waals surface area contributed by atoms with Crippen LogP contribution in [0.2, 0.25) is 0 Å². The summed E-state index contributed by atoms with van der Waals surface area (Å²) in [6, 6.07) is 14.0. The third-order valence-corrected chi connectivity index (χ3v) is 5.88. The van der Waals surface area contributed by atoms with Gasteiger partial charge in [0.2, 0.25) is 0 Å². The SMILES string of the molecule is COc1cccc(OC)c1C(=O)NC[C@H](c1ccc(N(C)C)cc1)N1CCN(C)CC1. The lowest BCUT2D eigenvalue weighted by atomic mass is 10.0. The van der Waals surface area contributed by atoms with Crippen LogP contribution in [0.3, 0.4) is 0 Å². The highest BCUT2D eigenvalue weighted by atomic mass is 16.5. The van der Waals surface area contributed by atoms with Crippen molar-refractivity contribution < 1.29 is 14.3 Å². The van der Waals surface area contributed by atoms with Gasteiger partial charge < -0.3 is 24.6 Å². The Hall–Kier alpha value is -2.77. The molecular formula is C24H34N4O3. The molecule has 7 nitrogen and oxygen atoms in total. The number of hydrogen-bond donors (Lipinski definition) is 1. The third kappa shape index (κ3) is 5.48. The predicted octanol–water partition coefficient (Wildman–Crippen LogP) is 2.49. The summed E-state index contributed by atoms with van der Waals surface area (Å²) in [5, 5.41) is 3.13. The molecule has 1 atom stereocenters. The van der Waals surface area contributed by atoms with Crippen molar-refractivity contribution in [1.29, 1.82) is 0 Å². The van der Waals surface area contributed by atoms with E-state index in [1.165, 1.54) is 5.56 Å². The van der Waals surface area contributed by atoms with E-state index in [-0.39, 0.29) is 11.9 Å². The van der Waals surface area contributed by atoms with Crippen LogP contribution in [0.15, 0.2) is 42.5 Å². The van der Waals surface area contributed by atoms with Gasteiger partial charge in [0.1, 0.15) is 17.1 Å². The zero-order valence-electron chi connectivity index (χ0n) is 19.2. The Balaban J connectivity index is 1.81. The first-order chi connectivity index (χ1) is 14.9. The average molecular weight is 427 g/mol. The van der Waals surface area contributed by atoms with E-state index < -0.39 is 0 Å². The molecule has 1 heterocycles. The number of benzene rings is 2. The molecule has 0 aromatic heterocycles. The van der Waals surface area contributed by atoms with Gasteiger partial charge in [-0.25, -0.2) is 0 Å². The first kappa shape index (κ1) is 22.9. The number of ether oxygens (including phenoxy) is 2. The minimum absolute atomic E-state index is 0.0922. The Labute approximate surface area is 185 Å². The minimum Gasteiger partial charge on any atom is -0.496 e. The molecule has 31 heavy (non-hydrogen) atoms. The first-order valence-corrected chi connectivity index (χ1v) is 10.6. The van der Waals surface area contributed by atoms with E-state index in [1.807, 2.05) is 20.2 Å². The Morgan fingerprint density at radius 3 is 2.10 bits per heavy atom. The Bertz CT molecular complexity index is 839. The van der Waals surface area contributed by atoms with Gasteiger partial charge in [-0.3, -0.25) is 9.69 Å². The second-order valence-electron chi connectivity index (χ2n) is 8.09. The summed E-state index contributed by atoms with van der Waals surface area (Å²) in [6.45, 7) is 4.46. The molecule has 1 N–H and O–H groups in total. The average Bonchev–Trinajstić information content (AvgIpc) is 2.79. The summed E-state index contributed by atoms with van der Waals surface area (Å²) in [5.41, 5.74) is 2.78. The van der Waals surface area contributed by atoms with E-state index >= 15 is 0 Å². The van der Waals surface area contributed by atoms with Crippen LogP contribution in [0.5, 0.6) is 11.5 Å². The van der Waals surface area contributed by atoms with E-state index in [0.29, 0.717) is 23.6 Å². The van der Waals surface area contributed by atoms with Crippen molar-refractivity contribution in [2.45, 2.75) is 6.04 Å². The van der Waals surface area contributed by atoms with Crippen molar-refractivity contribution >= 4 is 11.6 Å².